The molecule has 18 heavy (non-hydrogen) atoms. The van der Waals surface area contributed by atoms with Gasteiger partial charge in [-0.3, -0.25) is 0 Å². The van der Waals surface area contributed by atoms with Crippen LogP contribution in [0.15, 0.2) is 24.3 Å². The van der Waals surface area contributed by atoms with Crippen molar-refractivity contribution < 1.29 is 14.6 Å². The van der Waals surface area contributed by atoms with Gasteiger partial charge in [-0.2, -0.15) is 11.8 Å². The summed E-state index contributed by atoms with van der Waals surface area (Å²) < 4.78 is 11.3. The predicted molar refractivity (Wildman–Crippen MR) is 74.3 cm³/mol. The number of hydrogen-bond acceptors (Lipinski definition) is 4. The van der Waals surface area contributed by atoms with Gasteiger partial charge in [0.2, 0.25) is 0 Å². The molecule has 0 spiro atoms. The molecule has 1 aliphatic rings. The minimum atomic E-state index is -0.606. The third-order valence-electron chi connectivity index (χ3n) is 2.89. The average Bonchev–Trinajstić information content (AvgIpc) is 2.45. The van der Waals surface area contributed by atoms with Gasteiger partial charge in [0.15, 0.2) is 0 Å². The molecule has 3 nitrogen and oxygen atoms in total. The summed E-state index contributed by atoms with van der Waals surface area (Å²) in [5, 5.41) is 10.4. The van der Waals surface area contributed by atoms with E-state index in [2.05, 4.69) is 6.92 Å². The molecule has 1 aromatic carbocycles. The van der Waals surface area contributed by atoms with E-state index in [1.165, 1.54) is 0 Å². The van der Waals surface area contributed by atoms with Crippen molar-refractivity contribution in [1.82, 2.24) is 0 Å². The number of rotatable bonds is 5. The molecule has 1 saturated heterocycles. The van der Waals surface area contributed by atoms with E-state index in [4.69, 9.17) is 9.47 Å². The molecule has 0 aliphatic carbocycles. The van der Waals surface area contributed by atoms with Gasteiger partial charge in [-0.1, -0.05) is 25.1 Å². The maximum atomic E-state index is 10.4. The summed E-state index contributed by atoms with van der Waals surface area (Å²) in [6.07, 6.45) is 0.223. The Morgan fingerprint density at radius 2 is 2.33 bits per heavy atom. The largest absolute Gasteiger partial charge is 0.493 e. The summed E-state index contributed by atoms with van der Waals surface area (Å²) in [6, 6.07) is 7.67. The Balaban J connectivity index is 2.10. The number of para-hydroxylation sites is 1. The molecule has 0 aromatic heterocycles. The van der Waals surface area contributed by atoms with Crippen LogP contribution in [0.4, 0.5) is 0 Å². The van der Waals surface area contributed by atoms with Crippen molar-refractivity contribution in [2.45, 2.75) is 25.6 Å². The predicted octanol–water partition coefficient (Wildman–Crippen LogP) is 2.64. The molecule has 1 aromatic rings. The molecule has 4 heteroatoms. The summed E-state index contributed by atoms with van der Waals surface area (Å²) in [5.41, 5.74) is 0.832. The highest BCUT2D eigenvalue weighted by molar-refractivity contribution is 7.99. The lowest BCUT2D eigenvalue weighted by Gasteiger charge is -2.28. The van der Waals surface area contributed by atoms with Gasteiger partial charge in [0.1, 0.15) is 11.9 Å². The minimum absolute atomic E-state index is 0.130. The Labute approximate surface area is 112 Å². The molecule has 0 bridgehead atoms. The van der Waals surface area contributed by atoms with Gasteiger partial charge in [-0.05, 0) is 12.5 Å². The van der Waals surface area contributed by atoms with Crippen molar-refractivity contribution in [3.05, 3.63) is 29.8 Å². The van der Waals surface area contributed by atoms with E-state index in [1.807, 2.05) is 36.0 Å². The van der Waals surface area contributed by atoms with E-state index in [-0.39, 0.29) is 6.10 Å². The van der Waals surface area contributed by atoms with Gasteiger partial charge in [-0.25, -0.2) is 0 Å². The lowest BCUT2D eigenvalue weighted by atomic mass is 10.0. The molecule has 1 aliphatic heterocycles. The minimum Gasteiger partial charge on any atom is -0.493 e. The molecule has 1 fully saturated rings. The number of aliphatic hydroxyl groups excluding tert-OH is 1. The molecule has 2 rings (SSSR count). The summed E-state index contributed by atoms with van der Waals surface area (Å²) in [5.74, 6) is 2.62. The zero-order chi connectivity index (χ0) is 12.8. The third-order valence-corrected chi connectivity index (χ3v) is 3.91. The standard InChI is InChI=1S/C14H20O3S/c1-2-7-16-12-6-4-3-5-11(12)14(15)13-10-18-9-8-17-13/h3-6,13-15H,2,7-10H2,1H3. The third kappa shape index (κ3) is 3.40. The first-order valence-electron chi connectivity index (χ1n) is 6.42. The first-order valence-corrected chi connectivity index (χ1v) is 7.57. The maximum absolute atomic E-state index is 10.4. The highest BCUT2D eigenvalue weighted by Gasteiger charge is 2.26. The van der Waals surface area contributed by atoms with Crippen LogP contribution in [0.5, 0.6) is 5.75 Å². The van der Waals surface area contributed by atoms with E-state index in [0.29, 0.717) is 13.2 Å². The molecule has 1 heterocycles. The normalized spacial score (nSPS) is 21.6. The molecule has 0 radical (unpaired) electrons. The number of ether oxygens (including phenoxy) is 2. The van der Waals surface area contributed by atoms with Crippen LogP contribution in [-0.4, -0.2) is 35.9 Å². The summed E-state index contributed by atoms with van der Waals surface area (Å²) >= 11 is 1.82. The fourth-order valence-corrected chi connectivity index (χ4v) is 2.85. The summed E-state index contributed by atoms with van der Waals surface area (Å²) in [4.78, 5) is 0. The van der Waals surface area contributed by atoms with Crippen LogP contribution < -0.4 is 4.74 Å². The molecule has 0 amide bonds. The second-order valence-electron chi connectivity index (χ2n) is 4.32. The Kier molecular flexibility index (Phi) is 5.35. The average molecular weight is 268 g/mol. The second-order valence-corrected chi connectivity index (χ2v) is 5.47. The van der Waals surface area contributed by atoms with E-state index in [1.54, 1.807) is 0 Å². The SMILES string of the molecule is CCCOc1ccccc1C(O)C1CSCCO1. The van der Waals surface area contributed by atoms with Gasteiger partial charge in [0.25, 0.3) is 0 Å². The Bertz CT molecular complexity index is 364. The van der Waals surface area contributed by atoms with E-state index < -0.39 is 6.10 Å². The van der Waals surface area contributed by atoms with Crippen LogP contribution >= 0.6 is 11.8 Å². The van der Waals surface area contributed by atoms with E-state index in [9.17, 15) is 5.11 Å². The number of benzene rings is 1. The second kappa shape index (κ2) is 7.02. The number of thioether (sulfide) groups is 1. The number of aliphatic hydroxyl groups is 1. The summed E-state index contributed by atoms with van der Waals surface area (Å²) in [6.45, 7) is 3.45. The lowest BCUT2D eigenvalue weighted by Crippen LogP contribution is -2.30. The fraction of sp³-hybridized carbons (Fsp3) is 0.571. The fourth-order valence-electron chi connectivity index (χ4n) is 1.96. The Morgan fingerprint density at radius 1 is 1.50 bits per heavy atom. The molecule has 2 atom stereocenters. The maximum Gasteiger partial charge on any atom is 0.125 e. The van der Waals surface area contributed by atoms with Gasteiger partial charge in [-0.15, -0.1) is 0 Å². The van der Waals surface area contributed by atoms with Crippen molar-refractivity contribution >= 4 is 11.8 Å². The first-order chi connectivity index (χ1) is 8.83. The van der Waals surface area contributed by atoms with Crippen molar-refractivity contribution in [2.24, 2.45) is 0 Å². The van der Waals surface area contributed by atoms with Crippen molar-refractivity contribution in [2.75, 3.05) is 24.7 Å². The molecule has 0 saturated carbocycles. The highest BCUT2D eigenvalue weighted by Crippen LogP contribution is 2.31. The first kappa shape index (κ1) is 13.7. The van der Waals surface area contributed by atoms with Crippen LogP contribution in [0.2, 0.25) is 0 Å². The van der Waals surface area contributed by atoms with Gasteiger partial charge in [0.05, 0.1) is 19.3 Å². The van der Waals surface area contributed by atoms with Crippen LogP contribution in [-0.2, 0) is 4.74 Å². The summed E-state index contributed by atoms with van der Waals surface area (Å²) in [7, 11) is 0. The van der Waals surface area contributed by atoms with Crippen molar-refractivity contribution in [3.8, 4) is 5.75 Å². The zero-order valence-corrected chi connectivity index (χ0v) is 11.5. The van der Waals surface area contributed by atoms with Crippen LogP contribution in [0.1, 0.15) is 25.0 Å². The Morgan fingerprint density at radius 3 is 3.06 bits per heavy atom. The Hall–Kier alpha value is -0.710. The molecule has 100 valence electrons. The molecular weight excluding hydrogens is 248 g/mol. The lowest BCUT2D eigenvalue weighted by molar-refractivity contribution is -0.0238. The zero-order valence-electron chi connectivity index (χ0n) is 10.7. The molecule has 1 N–H and O–H groups in total. The van der Waals surface area contributed by atoms with Crippen LogP contribution in [0.3, 0.4) is 0 Å². The topological polar surface area (TPSA) is 38.7 Å². The molecular formula is C14H20O3S. The number of hydrogen-bond donors (Lipinski definition) is 1. The van der Waals surface area contributed by atoms with E-state index in [0.717, 1.165) is 29.2 Å². The van der Waals surface area contributed by atoms with Gasteiger partial charge in [0, 0.05) is 17.1 Å². The highest BCUT2D eigenvalue weighted by atomic mass is 32.2. The van der Waals surface area contributed by atoms with E-state index >= 15 is 0 Å². The quantitative estimate of drug-likeness (QED) is 0.891. The van der Waals surface area contributed by atoms with Crippen molar-refractivity contribution in [1.29, 1.82) is 0 Å². The van der Waals surface area contributed by atoms with Crippen LogP contribution in [0, 0.1) is 0 Å². The smallest absolute Gasteiger partial charge is 0.125 e. The van der Waals surface area contributed by atoms with Gasteiger partial charge >= 0.3 is 0 Å². The van der Waals surface area contributed by atoms with Gasteiger partial charge < -0.3 is 14.6 Å². The van der Waals surface area contributed by atoms with Crippen LogP contribution in [0.25, 0.3) is 0 Å². The molecule has 2 unspecified atom stereocenters. The monoisotopic (exact) mass is 268 g/mol. The van der Waals surface area contributed by atoms with Crippen molar-refractivity contribution in [3.63, 3.8) is 0 Å².